The van der Waals surface area contributed by atoms with Crippen molar-refractivity contribution in [3.05, 3.63) is 83.9 Å². The summed E-state index contributed by atoms with van der Waals surface area (Å²) in [4.78, 5) is 17.1. The smallest absolute Gasteiger partial charge is 0.263 e. The molecule has 35 heavy (non-hydrogen) atoms. The minimum atomic E-state index is -0.526. The molecule has 178 valence electrons. The molecule has 0 bridgehead atoms. The van der Waals surface area contributed by atoms with Crippen LogP contribution in [0.1, 0.15) is 18.1 Å². The number of carbonyl (C=O) groups excluding carboxylic acids is 1. The number of anilines is 1. The number of carbonyl (C=O) groups is 1. The Labute approximate surface area is 206 Å². The van der Waals surface area contributed by atoms with Gasteiger partial charge in [0.2, 0.25) is 0 Å². The highest BCUT2D eigenvalue weighted by Gasteiger charge is 2.27. The molecule has 1 fully saturated rings. The first-order chi connectivity index (χ1) is 17.0. The van der Waals surface area contributed by atoms with Crippen molar-refractivity contribution < 1.29 is 9.53 Å². The molecule has 0 saturated carbocycles. The summed E-state index contributed by atoms with van der Waals surface area (Å²) in [7, 11) is 0. The van der Waals surface area contributed by atoms with Crippen LogP contribution in [0.15, 0.2) is 72.8 Å². The molecule has 1 aliphatic rings. The van der Waals surface area contributed by atoms with Crippen molar-refractivity contribution in [2.24, 2.45) is 0 Å². The number of ether oxygens (including phenoxy) is 1. The van der Waals surface area contributed by atoms with Gasteiger partial charge < -0.3 is 14.5 Å². The maximum atomic E-state index is 13.0. The lowest BCUT2D eigenvalue weighted by molar-refractivity contribution is -0.138. The fourth-order valence-electron chi connectivity index (χ4n) is 4.57. The maximum Gasteiger partial charge on any atom is 0.263 e. The van der Waals surface area contributed by atoms with Crippen molar-refractivity contribution in [1.82, 2.24) is 15.1 Å². The Morgan fingerprint density at radius 3 is 2.43 bits per heavy atom. The van der Waals surface area contributed by atoms with Crippen LogP contribution < -0.4 is 9.64 Å². The number of rotatable bonds is 5. The molecule has 1 atom stereocenters. The highest BCUT2D eigenvalue weighted by atomic mass is 16.5. The number of hydrogen-bond donors (Lipinski definition) is 0. The summed E-state index contributed by atoms with van der Waals surface area (Å²) in [5.74, 6) is 1.62. The summed E-state index contributed by atoms with van der Waals surface area (Å²) in [6, 6.07) is 24.6. The molecule has 0 N–H and O–H groups in total. The molecule has 1 aliphatic heterocycles. The number of hydrogen-bond acceptors (Lipinski definition) is 5. The van der Waals surface area contributed by atoms with Crippen LogP contribution in [0.5, 0.6) is 5.75 Å². The zero-order valence-corrected chi connectivity index (χ0v) is 20.4. The summed E-state index contributed by atoms with van der Waals surface area (Å²) in [5, 5.41) is 11.4. The van der Waals surface area contributed by atoms with E-state index in [1.165, 1.54) is 10.8 Å². The molecule has 0 radical (unpaired) electrons. The van der Waals surface area contributed by atoms with E-state index in [2.05, 4.69) is 45.4 Å². The third-order valence-electron chi connectivity index (χ3n) is 6.63. The number of piperazine rings is 1. The molecule has 0 spiro atoms. The lowest BCUT2D eigenvalue weighted by Gasteiger charge is -2.36. The molecule has 0 aliphatic carbocycles. The van der Waals surface area contributed by atoms with Crippen LogP contribution in [0.25, 0.3) is 22.0 Å². The van der Waals surface area contributed by atoms with E-state index in [0.717, 1.165) is 34.0 Å². The number of aryl methyl sites for hydroxylation is 2. The van der Waals surface area contributed by atoms with Gasteiger partial charge in [-0.1, -0.05) is 54.6 Å². The van der Waals surface area contributed by atoms with E-state index >= 15 is 0 Å². The van der Waals surface area contributed by atoms with Crippen molar-refractivity contribution in [2.45, 2.75) is 26.9 Å². The number of benzene rings is 3. The van der Waals surface area contributed by atoms with Gasteiger partial charge in [0.15, 0.2) is 11.9 Å². The van der Waals surface area contributed by atoms with E-state index in [1.54, 1.807) is 0 Å². The van der Waals surface area contributed by atoms with Gasteiger partial charge >= 0.3 is 0 Å². The van der Waals surface area contributed by atoms with E-state index in [0.29, 0.717) is 26.2 Å². The molecular weight excluding hydrogens is 436 g/mol. The quantitative estimate of drug-likeness (QED) is 0.413. The van der Waals surface area contributed by atoms with Crippen molar-refractivity contribution in [3.63, 3.8) is 0 Å². The standard InChI is InChI=1S/C29H30N4O2/c1-20-11-12-21(2)27(19-20)35-22(3)29(34)33-17-15-32(16-18-33)28-14-13-26(30-31-28)25-10-6-8-23-7-4-5-9-24(23)25/h4-14,19,22H,15-18H2,1-3H3. The largest absolute Gasteiger partial charge is 0.481 e. The highest BCUT2D eigenvalue weighted by molar-refractivity contribution is 5.95. The van der Waals surface area contributed by atoms with Crippen LogP contribution in [0, 0.1) is 13.8 Å². The second kappa shape index (κ2) is 9.74. The van der Waals surface area contributed by atoms with Gasteiger partial charge in [-0.3, -0.25) is 4.79 Å². The van der Waals surface area contributed by atoms with Crippen molar-refractivity contribution >= 4 is 22.5 Å². The predicted molar refractivity (Wildman–Crippen MR) is 140 cm³/mol. The Bertz CT molecular complexity index is 1340. The van der Waals surface area contributed by atoms with E-state index in [4.69, 9.17) is 4.74 Å². The van der Waals surface area contributed by atoms with Crippen LogP contribution in [-0.4, -0.2) is 53.3 Å². The van der Waals surface area contributed by atoms with Crippen molar-refractivity contribution in [2.75, 3.05) is 31.1 Å². The molecule has 2 heterocycles. The van der Waals surface area contributed by atoms with Gasteiger partial charge in [-0.25, -0.2) is 0 Å². The number of amides is 1. The summed E-state index contributed by atoms with van der Waals surface area (Å²) in [5.41, 5.74) is 4.09. The highest BCUT2D eigenvalue weighted by Crippen LogP contribution is 2.28. The van der Waals surface area contributed by atoms with E-state index in [9.17, 15) is 4.79 Å². The summed E-state index contributed by atoms with van der Waals surface area (Å²) < 4.78 is 6.01. The van der Waals surface area contributed by atoms with Crippen LogP contribution in [0.4, 0.5) is 5.82 Å². The number of nitrogens with zero attached hydrogens (tertiary/aromatic N) is 4. The fraction of sp³-hybridized carbons (Fsp3) is 0.276. The average molecular weight is 467 g/mol. The first-order valence-electron chi connectivity index (χ1n) is 12.1. The van der Waals surface area contributed by atoms with Gasteiger partial charge in [0.1, 0.15) is 5.75 Å². The first kappa shape index (κ1) is 22.8. The van der Waals surface area contributed by atoms with Crippen LogP contribution >= 0.6 is 0 Å². The zero-order valence-electron chi connectivity index (χ0n) is 20.4. The lowest BCUT2D eigenvalue weighted by atomic mass is 10.0. The van der Waals surface area contributed by atoms with Gasteiger partial charge in [0.25, 0.3) is 5.91 Å². The van der Waals surface area contributed by atoms with Gasteiger partial charge in [-0.15, -0.1) is 10.2 Å². The van der Waals surface area contributed by atoms with E-state index in [1.807, 2.05) is 68.1 Å². The summed E-state index contributed by atoms with van der Waals surface area (Å²) in [6.45, 7) is 8.54. The van der Waals surface area contributed by atoms with Crippen LogP contribution in [-0.2, 0) is 4.79 Å². The Hall–Kier alpha value is -3.93. The van der Waals surface area contributed by atoms with E-state index in [-0.39, 0.29) is 5.91 Å². The minimum absolute atomic E-state index is 0.0166. The first-order valence-corrected chi connectivity index (χ1v) is 12.1. The minimum Gasteiger partial charge on any atom is -0.481 e. The lowest BCUT2D eigenvalue weighted by Crippen LogP contribution is -2.52. The normalized spacial score (nSPS) is 14.7. The summed E-state index contributed by atoms with van der Waals surface area (Å²) >= 11 is 0. The molecule has 4 aromatic rings. The average Bonchev–Trinajstić information content (AvgIpc) is 2.90. The molecule has 1 saturated heterocycles. The second-order valence-electron chi connectivity index (χ2n) is 9.14. The maximum absolute atomic E-state index is 13.0. The topological polar surface area (TPSA) is 58.6 Å². The third kappa shape index (κ3) is 4.83. The molecule has 1 unspecified atom stereocenters. The van der Waals surface area contributed by atoms with Gasteiger partial charge in [0.05, 0.1) is 5.69 Å². The van der Waals surface area contributed by atoms with Crippen molar-refractivity contribution in [3.8, 4) is 17.0 Å². The fourth-order valence-corrected chi connectivity index (χ4v) is 4.57. The van der Waals surface area contributed by atoms with E-state index < -0.39 is 6.10 Å². The molecule has 3 aromatic carbocycles. The predicted octanol–water partition coefficient (Wildman–Crippen LogP) is 5.03. The molecule has 6 nitrogen and oxygen atoms in total. The monoisotopic (exact) mass is 466 g/mol. The van der Waals surface area contributed by atoms with Crippen molar-refractivity contribution in [1.29, 1.82) is 0 Å². The SMILES string of the molecule is Cc1ccc(C)c(OC(C)C(=O)N2CCN(c3ccc(-c4cccc5ccccc45)nn3)CC2)c1. The Morgan fingerprint density at radius 1 is 0.886 bits per heavy atom. The number of aromatic nitrogens is 2. The Kier molecular flexibility index (Phi) is 6.36. The van der Waals surface area contributed by atoms with Gasteiger partial charge in [0, 0.05) is 31.7 Å². The third-order valence-corrected chi connectivity index (χ3v) is 6.63. The number of fused-ring (bicyclic) bond motifs is 1. The molecule has 1 amide bonds. The van der Waals surface area contributed by atoms with Gasteiger partial charge in [-0.05, 0) is 60.9 Å². The molecular formula is C29H30N4O2. The van der Waals surface area contributed by atoms with Crippen LogP contribution in [0.3, 0.4) is 0 Å². The Morgan fingerprint density at radius 2 is 1.66 bits per heavy atom. The second-order valence-corrected chi connectivity index (χ2v) is 9.14. The van der Waals surface area contributed by atoms with Crippen LogP contribution in [0.2, 0.25) is 0 Å². The molecule has 6 heteroatoms. The van der Waals surface area contributed by atoms with Gasteiger partial charge in [-0.2, -0.15) is 0 Å². The summed E-state index contributed by atoms with van der Waals surface area (Å²) in [6.07, 6.45) is -0.526. The Balaban J connectivity index is 1.21. The molecule has 5 rings (SSSR count). The zero-order chi connectivity index (χ0) is 24.4. The molecule has 1 aromatic heterocycles.